The minimum atomic E-state index is -4.43. The van der Waals surface area contributed by atoms with Crippen molar-refractivity contribution < 1.29 is 36.5 Å². The van der Waals surface area contributed by atoms with Crippen LogP contribution in [0.1, 0.15) is 111 Å². The van der Waals surface area contributed by atoms with Crippen molar-refractivity contribution in [1.82, 2.24) is 19.8 Å². The maximum absolute atomic E-state index is 13.7. The number of hydrogen-bond donors (Lipinski definition) is 3. The van der Waals surface area contributed by atoms with E-state index in [1.54, 1.807) is 54.1 Å². The third kappa shape index (κ3) is 12.7. The van der Waals surface area contributed by atoms with E-state index in [4.69, 9.17) is 20.8 Å². The molecular formula is C63H71ClN5O8S+. The van der Waals surface area contributed by atoms with E-state index in [2.05, 4.69) is 91.1 Å². The van der Waals surface area contributed by atoms with Crippen LogP contribution >= 0.6 is 11.6 Å². The molecule has 0 saturated heterocycles. The molecule has 5 aromatic rings. The topological polar surface area (TPSA) is 163 Å². The largest absolute Gasteiger partial charge is 0.497 e. The van der Waals surface area contributed by atoms with Crippen LogP contribution in [0.25, 0.3) is 39.4 Å². The minimum absolute atomic E-state index is 0.00535. The Morgan fingerprint density at radius 1 is 0.821 bits per heavy atom. The third-order valence-corrected chi connectivity index (χ3v) is 16.1. The van der Waals surface area contributed by atoms with Crippen molar-refractivity contribution >= 4 is 62.1 Å². The van der Waals surface area contributed by atoms with Gasteiger partial charge in [-0.3, -0.25) is 23.5 Å². The van der Waals surface area contributed by atoms with Gasteiger partial charge < -0.3 is 24.7 Å². The molecule has 0 saturated carbocycles. The highest BCUT2D eigenvalue weighted by molar-refractivity contribution is 7.85. The van der Waals surface area contributed by atoms with Gasteiger partial charge in [-0.05, 0) is 161 Å². The maximum atomic E-state index is 13.7. The van der Waals surface area contributed by atoms with Gasteiger partial charge in [0.15, 0.2) is 0 Å². The van der Waals surface area contributed by atoms with Gasteiger partial charge in [-0.25, -0.2) is 4.58 Å². The lowest BCUT2D eigenvalue weighted by molar-refractivity contribution is -0.121. The monoisotopic (exact) mass is 1090 g/mol. The van der Waals surface area contributed by atoms with Gasteiger partial charge in [-0.1, -0.05) is 68.3 Å². The van der Waals surface area contributed by atoms with Gasteiger partial charge in [0, 0.05) is 81.7 Å². The summed E-state index contributed by atoms with van der Waals surface area (Å²) < 4.78 is 50.8. The number of amides is 2. The van der Waals surface area contributed by atoms with Crippen LogP contribution in [0.3, 0.4) is 0 Å². The number of aromatic nitrogens is 1. The van der Waals surface area contributed by atoms with Crippen molar-refractivity contribution in [2.45, 2.75) is 103 Å². The van der Waals surface area contributed by atoms with Gasteiger partial charge >= 0.3 is 0 Å². The highest BCUT2D eigenvalue weighted by Crippen LogP contribution is 2.49. The van der Waals surface area contributed by atoms with E-state index in [0.717, 1.165) is 112 Å². The SMILES string of the molecule is CC[N+](CC)=c1ccc2c(-c3ccccc3)c(C)c(/C=C/C=C3/N(CCCCCC(=O)NCCCCCNC(=O)Cc4c(C)n(C(=O)c5ccc(Cl)cc5)c5ccc(OC)cc45)c4ccc(S(=O)(=O)O)cc4C3(C)C)oc-2c1. The van der Waals surface area contributed by atoms with Crippen molar-refractivity contribution in [3.63, 3.8) is 0 Å². The Hall–Kier alpha value is -7.26. The lowest BCUT2D eigenvalue weighted by Crippen LogP contribution is -2.29. The zero-order valence-corrected chi connectivity index (χ0v) is 47.3. The normalized spacial score (nSPS) is 13.7. The number of anilines is 1. The van der Waals surface area contributed by atoms with Gasteiger partial charge in [0.2, 0.25) is 17.2 Å². The number of nitrogens with zero attached hydrogens (tertiary/aromatic N) is 3. The predicted octanol–water partition coefficient (Wildman–Crippen LogP) is 11.9. The maximum Gasteiger partial charge on any atom is 0.294 e. The predicted molar refractivity (Wildman–Crippen MR) is 312 cm³/mol. The molecule has 3 aliphatic rings. The smallest absolute Gasteiger partial charge is 0.294 e. The average Bonchev–Trinajstić information content (AvgIpc) is 3.89. The van der Waals surface area contributed by atoms with E-state index in [1.807, 2.05) is 49.4 Å². The quantitative estimate of drug-likeness (QED) is 0.0341. The van der Waals surface area contributed by atoms with E-state index >= 15 is 0 Å². The van der Waals surface area contributed by atoms with E-state index in [-0.39, 0.29) is 29.0 Å². The molecule has 3 N–H and O–H groups in total. The molecule has 0 fully saturated rings. The van der Waals surface area contributed by atoms with Crippen molar-refractivity contribution in [1.29, 1.82) is 0 Å². The average molecular weight is 1090 g/mol. The molecule has 0 spiro atoms. The fourth-order valence-electron chi connectivity index (χ4n) is 10.7. The Bertz CT molecular complexity index is 3550. The Morgan fingerprint density at radius 3 is 2.22 bits per heavy atom. The summed E-state index contributed by atoms with van der Waals surface area (Å²) in [5.74, 6) is 1.77. The Kier molecular flexibility index (Phi) is 18.3. The number of carbonyl (C=O) groups is 3. The van der Waals surface area contributed by atoms with Crippen LogP contribution < -0.4 is 30.2 Å². The van der Waals surface area contributed by atoms with Crippen LogP contribution in [0.4, 0.5) is 5.69 Å². The van der Waals surface area contributed by atoms with Crippen molar-refractivity contribution in [2.75, 3.05) is 44.7 Å². The molecule has 4 aromatic carbocycles. The molecule has 3 heterocycles. The van der Waals surface area contributed by atoms with Gasteiger partial charge in [0.05, 0.1) is 30.0 Å². The van der Waals surface area contributed by atoms with Crippen LogP contribution in [-0.4, -0.2) is 75.1 Å². The van der Waals surface area contributed by atoms with E-state index in [1.165, 1.54) is 6.07 Å². The summed E-state index contributed by atoms with van der Waals surface area (Å²) in [4.78, 5) is 41.9. The molecule has 13 nitrogen and oxygen atoms in total. The second-order valence-electron chi connectivity index (χ2n) is 20.4. The van der Waals surface area contributed by atoms with Crippen molar-refractivity contribution in [2.24, 2.45) is 0 Å². The summed E-state index contributed by atoms with van der Waals surface area (Å²) in [5, 5.41) is 8.49. The number of benzene rings is 5. The number of methoxy groups -OCH3 is 1. The summed E-state index contributed by atoms with van der Waals surface area (Å²) in [5.41, 5.74) is 8.87. The van der Waals surface area contributed by atoms with Gasteiger partial charge in [-0.15, -0.1) is 0 Å². The molecule has 0 bridgehead atoms. The van der Waals surface area contributed by atoms with Crippen LogP contribution in [0.2, 0.25) is 5.02 Å². The fraction of sp³-hybridized carbons (Fsp3) is 0.333. The summed E-state index contributed by atoms with van der Waals surface area (Å²) in [6.07, 6.45) is 11.2. The number of halogens is 1. The van der Waals surface area contributed by atoms with E-state index in [0.29, 0.717) is 60.0 Å². The Balaban J connectivity index is 0.850. The second-order valence-corrected chi connectivity index (χ2v) is 22.2. The lowest BCUT2D eigenvalue weighted by Gasteiger charge is -2.27. The number of rotatable bonds is 22. The first-order valence-electron chi connectivity index (χ1n) is 27.0. The molecule has 15 heteroatoms. The summed E-state index contributed by atoms with van der Waals surface area (Å²) in [6, 6.07) is 33.8. The Labute approximate surface area is 463 Å². The molecule has 0 radical (unpaired) electrons. The number of allylic oxidation sites excluding steroid dienone is 3. The lowest BCUT2D eigenvalue weighted by atomic mass is 9.83. The number of unbranched alkanes of at least 4 members (excludes halogenated alkanes) is 4. The zero-order valence-electron chi connectivity index (χ0n) is 45.7. The second kappa shape index (κ2) is 25.0. The van der Waals surface area contributed by atoms with E-state index < -0.39 is 15.5 Å². The third-order valence-electron chi connectivity index (χ3n) is 15.0. The molecule has 8 rings (SSSR count). The van der Waals surface area contributed by atoms with Crippen LogP contribution in [0.5, 0.6) is 5.75 Å². The van der Waals surface area contributed by atoms with Crippen LogP contribution in [0, 0.1) is 13.8 Å². The Morgan fingerprint density at radius 2 is 1.53 bits per heavy atom. The molecule has 2 aliphatic heterocycles. The zero-order chi connectivity index (χ0) is 55.7. The van der Waals surface area contributed by atoms with Crippen LogP contribution in [0.15, 0.2) is 136 Å². The van der Waals surface area contributed by atoms with Crippen LogP contribution in [-0.2, 0) is 31.5 Å². The first-order chi connectivity index (χ1) is 37.4. The molecule has 2 amide bonds. The van der Waals surface area contributed by atoms with E-state index in [9.17, 15) is 27.4 Å². The first-order valence-corrected chi connectivity index (χ1v) is 28.8. The molecule has 0 unspecified atom stereocenters. The molecule has 78 heavy (non-hydrogen) atoms. The van der Waals surface area contributed by atoms with Gasteiger partial charge in [0.25, 0.3) is 16.0 Å². The van der Waals surface area contributed by atoms with Gasteiger partial charge in [0.1, 0.15) is 30.4 Å². The van der Waals surface area contributed by atoms with Crippen molar-refractivity contribution in [3.05, 3.63) is 171 Å². The molecule has 1 aromatic heterocycles. The first kappa shape index (κ1) is 56.9. The number of fused-ring (bicyclic) bond motifs is 3. The molecule has 1 aliphatic carbocycles. The molecular weight excluding hydrogens is 1020 g/mol. The standard InChI is InChI=1S/C63H70ClN5O8S/c1-8-67(9-2)47-29-32-50-57(38-47)77-56(42(3)61(50)44-20-13-10-14-21-44)22-19-23-58-63(5,6)53-40-49(78(73,74)75)31-34-55(53)68(58)37-18-11-15-24-59(70)65-35-16-12-17-36-66-60(71)41-51-43(4)69(54-33-30-48(76-7)39-52(51)54)62(72)45-25-27-46(64)28-26-45/h10,13-14,19-23,25-34,38-40H,8-9,11-12,15-18,24,35-37,41H2,1-7H3,(H2-,65,66,70,71,73,74,75)/p+1. The highest BCUT2D eigenvalue weighted by atomic mass is 35.5. The number of carbonyl (C=O) groups excluding carboxylic acids is 3. The number of nitrogens with one attached hydrogen (secondary N) is 2. The molecule has 408 valence electrons. The fourth-order valence-corrected chi connectivity index (χ4v) is 11.4. The summed E-state index contributed by atoms with van der Waals surface area (Å²) in [6.45, 7) is 15.7. The molecule has 0 atom stereocenters. The van der Waals surface area contributed by atoms with Gasteiger partial charge in [-0.2, -0.15) is 8.42 Å². The minimum Gasteiger partial charge on any atom is -0.497 e. The summed E-state index contributed by atoms with van der Waals surface area (Å²) in [7, 11) is -2.85. The van der Waals surface area contributed by atoms with Crippen molar-refractivity contribution in [3.8, 4) is 28.2 Å². The summed E-state index contributed by atoms with van der Waals surface area (Å²) >= 11 is 6.08. The number of hydrogen-bond acceptors (Lipinski definition) is 8. The highest BCUT2D eigenvalue weighted by Gasteiger charge is 2.40. The number of ether oxygens (including phenoxy) is 1.